The van der Waals surface area contributed by atoms with E-state index < -0.39 is 16.0 Å². The Hall–Kier alpha value is -1.60. The van der Waals surface area contributed by atoms with Crippen LogP contribution >= 0.6 is 0 Å². The lowest BCUT2D eigenvalue weighted by Gasteiger charge is -2.34. The monoisotopic (exact) mass is 298 g/mol. The van der Waals surface area contributed by atoms with Gasteiger partial charge in [-0.2, -0.15) is 0 Å². The largest absolute Gasteiger partial charge is 0.481 e. The summed E-state index contributed by atoms with van der Waals surface area (Å²) in [6.07, 6.45) is 1.80. The lowest BCUT2D eigenvalue weighted by molar-refractivity contribution is -0.138. The number of nitrogens with two attached hydrogens (primary N) is 1. The average Bonchev–Trinajstić information content (AvgIpc) is 2.37. The molecule has 1 aromatic carbocycles. The van der Waals surface area contributed by atoms with Crippen molar-refractivity contribution in [1.82, 2.24) is 0 Å². The van der Waals surface area contributed by atoms with Crippen molar-refractivity contribution >= 4 is 21.7 Å². The molecule has 0 spiro atoms. The molecule has 0 saturated carbocycles. The first-order chi connectivity index (χ1) is 9.38. The van der Waals surface area contributed by atoms with Gasteiger partial charge in [0.05, 0.1) is 5.69 Å². The van der Waals surface area contributed by atoms with E-state index in [1.807, 2.05) is 4.90 Å². The number of carboxylic acid groups (broad SMARTS) is 1. The van der Waals surface area contributed by atoms with Gasteiger partial charge in [-0.3, -0.25) is 4.79 Å². The Morgan fingerprint density at radius 1 is 1.40 bits per heavy atom. The first kappa shape index (κ1) is 14.8. The Kier molecular flexibility index (Phi) is 4.29. The Morgan fingerprint density at radius 3 is 2.75 bits per heavy atom. The molecule has 1 fully saturated rings. The van der Waals surface area contributed by atoms with Crippen LogP contribution in [0.4, 0.5) is 5.69 Å². The number of hydrogen-bond donors (Lipinski definition) is 2. The summed E-state index contributed by atoms with van der Waals surface area (Å²) in [5.74, 6) is -0.786. The van der Waals surface area contributed by atoms with Crippen molar-refractivity contribution in [1.29, 1.82) is 0 Å². The van der Waals surface area contributed by atoms with Crippen molar-refractivity contribution in [3.8, 4) is 0 Å². The number of sulfonamides is 1. The molecular weight excluding hydrogens is 280 g/mol. The predicted molar refractivity (Wildman–Crippen MR) is 75.0 cm³/mol. The maximum Gasteiger partial charge on any atom is 0.303 e. The lowest BCUT2D eigenvalue weighted by Crippen LogP contribution is -2.37. The van der Waals surface area contributed by atoms with Crippen LogP contribution in [0.3, 0.4) is 0 Å². The SMILES string of the molecule is NS(=O)(=O)c1ccccc1N1CCCC(CC(=O)O)C1. The molecule has 1 aromatic rings. The van der Waals surface area contributed by atoms with Gasteiger partial charge in [-0.1, -0.05) is 12.1 Å². The van der Waals surface area contributed by atoms with E-state index in [9.17, 15) is 13.2 Å². The van der Waals surface area contributed by atoms with Gasteiger partial charge in [-0.25, -0.2) is 13.6 Å². The number of primary sulfonamides is 1. The Labute approximate surface area is 118 Å². The van der Waals surface area contributed by atoms with Gasteiger partial charge >= 0.3 is 5.97 Å². The molecule has 1 saturated heterocycles. The zero-order valence-electron chi connectivity index (χ0n) is 11.0. The number of piperidine rings is 1. The minimum atomic E-state index is -3.78. The zero-order valence-corrected chi connectivity index (χ0v) is 11.8. The van der Waals surface area contributed by atoms with Gasteiger partial charge in [0.25, 0.3) is 0 Å². The third kappa shape index (κ3) is 3.49. The highest BCUT2D eigenvalue weighted by molar-refractivity contribution is 7.89. The molecule has 0 aliphatic carbocycles. The number of anilines is 1. The van der Waals surface area contributed by atoms with E-state index in [2.05, 4.69) is 0 Å². The fourth-order valence-corrected chi connectivity index (χ4v) is 3.41. The average molecular weight is 298 g/mol. The second kappa shape index (κ2) is 5.80. The Morgan fingerprint density at radius 2 is 2.10 bits per heavy atom. The van der Waals surface area contributed by atoms with Crippen molar-refractivity contribution in [3.63, 3.8) is 0 Å². The van der Waals surface area contributed by atoms with Gasteiger partial charge in [0, 0.05) is 19.5 Å². The Bertz CT molecular complexity index is 600. The van der Waals surface area contributed by atoms with E-state index in [1.54, 1.807) is 18.2 Å². The van der Waals surface area contributed by atoms with Crippen LogP contribution < -0.4 is 10.0 Å². The van der Waals surface area contributed by atoms with Crippen LogP contribution in [0.25, 0.3) is 0 Å². The van der Waals surface area contributed by atoms with E-state index in [4.69, 9.17) is 10.2 Å². The van der Waals surface area contributed by atoms with Crippen molar-refractivity contribution in [2.75, 3.05) is 18.0 Å². The number of carbonyl (C=O) groups is 1. The maximum absolute atomic E-state index is 11.6. The van der Waals surface area contributed by atoms with Gasteiger partial charge in [-0.05, 0) is 30.9 Å². The highest BCUT2D eigenvalue weighted by Crippen LogP contribution is 2.29. The Balaban J connectivity index is 2.25. The van der Waals surface area contributed by atoms with Gasteiger partial charge in [0.1, 0.15) is 4.90 Å². The summed E-state index contributed by atoms with van der Waals surface area (Å²) in [6.45, 7) is 1.25. The molecule has 1 aliphatic rings. The molecule has 1 atom stereocenters. The quantitative estimate of drug-likeness (QED) is 0.864. The van der Waals surface area contributed by atoms with Crippen LogP contribution in [-0.2, 0) is 14.8 Å². The summed E-state index contributed by atoms with van der Waals surface area (Å²) >= 11 is 0. The number of nitrogens with zero attached hydrogens (tertiary/aromatic N) is 1. The molecule has 0 amide bonds. The van der Waals surface area contributed by atoms with Gasteiger partial charge in [0.15, 0.2) is 0 Å². The molecule has 1 heterocycles. The zero-order chi connectivity index (χ0) is 14.8. The minimum absolute atomic E-state index is 0.0368. The number of carboxylic acids is 1. The molecule has 0 aromatic heterocycles. The minimum Gasteiger partial charge on any atom is -0.481 e. The topological polar surface area (TPSA) is 101 Å². The molecule has 1 aliphatic heterocycles. The molecule has 110 valence electrons. The van der Waals surface area contributed by atoms with E-state index in [0.29, 0.717) is 18.8 Å². The summed E-state index contributed by atoms with van der Waals surface area (Å²) in [4.78, 5) is 12.8. The highest BCUT2D eigenvalue weighted by atomic mass is 32.2. The number of aliphatic carboxylic acids is 1. The first-order valence-electron chi connectivity index (χ1n) is 6.46. The number of para-hydroxylation sites is 1. The van der Waals surface area contributed by atoms with Crippen molar-refractivity contribution in [3.05, 3.63) is 24.3 Å². The van der Waals surface area contributed by atoms with Crippen LogP contribution in [0.5, 0.6) is 0 Å². The molecule has 6 nitrogen and oxygen atoms in total. The molecule has 7 heteroatoms. The molecule has 1 unspecified atom stereocenters. The van der Waals surface area contributed by atoms with Crippen molar-refractivity contribution in [2.24, 2.45) is 11.1 Å². The summed E-state index contributed by atoms with van der Waals surface area (Å²) in [7, 11) is -3.78. The van der Waals surface area contributed by atoms with E-state index in [1.165, 1.54) is 6.07 Å². The van der Waals surface area contributed by atoms with E-state index in [-0.39, 0.29) is 17.2 Å². The molecule has 0 radical (unpaired) electrons. The summed E-state index contributed by atoms with van der Waals surface area (Å²) in [5.41, 5.74) is 0.560. The highest BCUT2D eigenvalue weighted by Gasteiger charge is 2.25. The molecule has 2 rings (SSSR count). The normalized spacial score (nSPS) is 19.9. The van der Waals surface area contributed by atoms with Crippen LogP contribution in [-0.4, -0.2) is 32.6 Å². The summed E-state index contributed by atoms with van der Waals surface area (Å²) in [5, 5.41) is 14.1. The summed E-state index contributed by atoms with van der Waals surface area (Å²) < 4.78 is 23.2. The fraction of sp³-hybridized carbons (Fsp3) is 0.462. The standard InChI is InChI=1S/C13H18N2O4S/c14-20(18,19)12-6-2-1-5-11(12)15-7-3-4-10(9-15)8-13(16)17/h1-2,5-6,10H,3-4,7-9H2,(H,16,17)(H2,14,18,19). The predicted octanol–water partition coefficient (Wildman–Crippen LogP) is 1.03. The third-order valence-electron chi connectivity index (χ3n) is 3.49. The molecule has 20 heavy (non-hydrogen) atoms. The number of hydrogen-bond acceptors (Lipinski definition) is 4. The van der Waals surface area contributed by atoms with E-state index >= 15 is 0 Å². The first-order valence-corrected chi connectivity index (χ1v) is 8.01. The van der Waals surface area contributed by atoms with Crippen molar-refractivity contribution in [2.45, 2.75) is 24.2 Å². The second-order valence-electron chi connectivity index (χ2n) is 5.06. The van der Waals surface area contributed by atoms with Gasteiger partial charge < -0.3 is 10.0 Å². The second-order valence-corrected chi connectivity index (χ2v) is 6.59. The van der Waals surface area contributed by atoms with Gasteiger partial charge in [0.2, 0.25) is 10.0 Å². The smallest absolute Gasteiger partial charge is 0.303 e. The molecule has 3 N–H and O–H groups in total. The fourth-order valence-electron chi connectivity index (χ4n) is 2.66. The van der Waals surface area contributed by atoms with Crippen molar-refractivity contribution < 1.29 is 18.3 Å². The van der Waals surface area contributed by atoms with Gasteiger partial charge in [-0.15, -0.1) is 0 Å². The maximum atomic E-state index is 11.6. The third-order valence-corrected chi connectivity index (χ3v) is 4.45. The summed E-state index contributed by atoms with van der Waals surface area (Å²) in [6, 6.07) is 6.57. The van der Waals surface area contributed by atoms with E-state index in [0.717, 1.165) is 12.8 Å². The van der Waals surface area contributed by atoms with Crippen LogP contribution in [0, 0.1) is 5.92 Å². The lowest BCUT2D eigenvalue weighted by atomic mass is 9.94. The number of rotatable bonds is 4. The molecule has 0 bridgehead atoms. The van der Waals surface area contributed by atoms with Crippen LogP contribution in [0.2, 0.25) is 0 Å². The van der Waals surface area contributed by atoms with Crippen LogP contribution in [0.15, 0.2) is 29.2 Å². The molecular formula is C13H18N2O4S. The number of benzene rings is 1. The van der Waals surface area contributed by atoms with Crippen LogP contribution in [0.1, 0.15) is 19.3 Å².